The van der Waals surface area contributed by atoms with Gasteiger partial charge in [-0.2, -0.15) is 0 Å². The molecule has 2 N–H and O–H groups in total. The van der Waals surface area contributed by atoms with Crippen molar-refractivity contribution in [3.63, 3.8) is 0 Å². The molecular formula is C14H18FNOS. The molecule has 1 aromatic rings. The van der Waals surface area contributed by atoms with Gasteiger partial charge < -0.3 is 5.73 Å². The molecule has 3 rings (SSSR count). The first-order valence-electron chi connectivity index (χ1n) is 6.57. The van der Waals surface area contributed by atoms with E-state index in [9.17, 15) is 8.60 Å². The van der Waals surface area contributed by atoms with E-state index in [1.54, 1.807) is 6.07 Å². The molecule has 1 aromatic carbocycles. The lowest BCUT2D eigenvalue weighted by molar-refractivity contribution is 0.363. The zero-order valence-corrected chi connectivity index (χ0v) is 11.1. The Kier molecular flexibility index (Phi) is 3.14. The van der Waals surface area contributed by atoms with Gasteiger partial charge in [-0.25, -0.2) is 4.39 Å². The third kappa shape index (κ3) is 2.18. The van der Waals surface area contributed by atoms with E-state index in [1.807, 2.05) is 0 Å². The van der Waals surface area contributed by atoms with Crippen LogP contribution >= 0.6 is 0 Å². The zero-order chi connectivity index (χ0) is 12.7. The summed E-state index contributed by atoms with van der Waals surface area (Å²) >= 11 is 0. The molecule has 0 heterocycles. The lowest BCUT2D eigenvalue weighted by atomic mass is 9.90. The number of hydrogen-bond donors (Lipinski definition) is 1. The van der Waals surface area contributed by atoms with Crippen LogP contribution in [0.3, 0.4) is 0 Å². The van der Waals surface area contributed by atoms with E-state index in [0.29, 0.717) is 22.3 Å². The predicted octanol–water partition coefficient (Wildman–Crippen LogP) is 2.95. The fourth-order valence-electron chi connectivity index (χ4n) is 3.59. The number of halogens is 1. The van der Waals surface area contributed by atoms with Crippen LogP contribution in [0, 0.1) is 23.6 Å². The second-order valence-electron chi connectivity index (χ2n) is 5.63. The van der Waals surface area contributed by atoms with Gasteiger partial charge in [-0.3, -0.25) is 4.21 Å². The van der Waals surface area contributed by atoms with E-state index < -0.39 is 10.8 Å². The molecular weight excluding hydrogens is 249 g/mol. The lowest BCUT2D eigenvalue weighted by Gasteiger charge is -2.21. The van der Waals surface area contributed by atoms with Crippen LogP contribution in [0.1, 0.15) is 25.7 Å². The van der Waals surface area contributed by atoms with Gasteiger partial charge in [-0.05, 0) is 55.2 Å². The van der Waals surface area contributed by atoms with Gasteiger partial charge >= 0.3 is 0 Å². The molecule has 98 valence electrons. The summed E-state index contributed by atoms with van der Waals surface area (Å²) < 4.78 is 25.3. The maximum absolute atomic E-state index is 13.0. The zero-order valence-electron chi connectivity index (χ0n) is 10.3. The summed E-state index contributed by atoms with van der Waals surface area (Å²) in [4.78, 5) is 0.596. The lowest BCUT2D eigenvalue weighted by Crippen LogP contribution is -2.18. The molecule has 4 unspecified atom stereocenters. The number of nitrogen functional groups attached to an aromatic ring is 1. The van der Waals surface area contributed by atoms with E-state index in [0.717, 1.165) is 11.8 Å². The number of benzene rings is 1. The topological polar surface area (TPSA) is 43.1 Å². The first-order valence-corrected chi connectivity index (χ1v) is 7.89. The number of nitrogens with two attached hydrogens (primary N) is 1. The SMILES string of the molecule is Nc1cc(F)ccc1S(=O)CC1CC2CCC1C2. The van der Waals surface area contributed by atoms with Crippen LogP contribution in [0.25, 0.3) is 0 Å². The number of hydrogen-bond acceptors (Lipinski definition) is 2. The van der Waals surface area contributed by atoms with Gasteiger partial charge in [0.05, 0.1) is 21.4 Å². The Morgan fingerprint density at radius 2 is 2.17 bits per heavy atom. The number of rotatable bonds is 3. The van der Waals surface area contributed by atoms with Crippen molar-refractivity contribution >= 4 is 16.5 Å². The minimum absolute atomic E-state index is 0.316. The normalized spacial score (nSPS) is 31.7. The second kappa shape index (κ2) is 4.65. The summed E-state index contributed by atoms with van der Waals surface area (Å²) in [6, 6.07) is 4.16. The van der Waals surface area contributed by atoms with E-state index in [2.05, 4.69) is 0 Å². The Morgan fingerprint density at radius 1 is 1.33 bits per heavy atom. The summed E-state index contributed by atoms with van der Waals surface area (Å²) in [6.45, 7) is 0. The molecule has 0 amide bonds. The fraction of sp³-hybridized carbons (Fsp3) is 0.571. The molecule has 2 fully saturated rings. The van der Waals surface area contributed by atoms with Crippen molar-refractivity contribution in [3.05, 3.63) is 24.0 Å². The molecule has 0 aliphatic heterocycles. The van der Waals surface area contributed by atoms with Crippen molar-refractivity contribution in [2.24, 2.45) is 17.8 Å². The maximum Gasteiger partial charge on any atom is 0.125 e. The maximum atomic E-state index is 13.0. The molecule has 4 atom stereocenters. The summed E-state index contributed by atoms with van der Waals surface area (Å²) in [5.41, 5.74) is 6.06. The largest absolute Gasteiger partial charge is 0.398 e. The third-order valence-corrected chi connectivity index (χ3v) is 6.06. The van der Waals surface area contributed by atoms with Crippen LogP contribution in [-0.2, 0) is 10.8 Å². The molecule has 2 aliphatic carbocycles. The first-order chi connectivity index (χ1) is 8.63. The van der Waals surface area contributed by atoms with Crippen LogP contribution in [0.4, 0.5) is 10.1 Å². The van der Waals surface area contributed by atoms with Gasteiger partial charge in [0, 0.05) is 5.75 Å². The highest BCUT2D eigenvalue weighted by atomic mass is 32.2. The van der Waals surface area contributed by atoms with Crippen LogP contribution < -0.4 is 5.73 Å². The Morgan fingerprint density at radius 3 is 2.78 bits per heavy atom. The van der Waals surface area contributed by atoms with Crippen molar-refractivity contribution < 1.29 is 8.60 Å². The average molecular weight is 267 g/mol. The average Bonchev–Trinajstić information content (AvgIpc) is 2.90. The minimum Gasteiger partial charge on any atom is -0.398 e. The van der Waals surface area contributed by atoms with Crippen LogP contribution in [-0.4, -0.2) is 9.96 Å². The van der Waals surface area contributed by atoms with Gasteiger partial charge in [0.15, 0.2) is 0 Å². The molecule has 0 aromatic heterocycles. The van der Waals surface area contributed by atoms with Crippen LogP contribution in [0.2, 0.25) is 0 Å². The first kappa shape index (κ1) is 12.2. The fourth-order valence-corrected chi connectivity index (χ4v) is 5.11. The summed E-state index contributed by atoms with van der Waals surface area (Å²) in [5.74, 6) is 2.53. The van der Waals surface area contributed by atoms with E-state index >= 15 is 0 Å². The molecule has 2 bridgehead atoms. The van der Waals surface area contributed by atoms with Gasteiger partial charge in [0.1, 0.15) is 5.82 Å². The van der Waals surface area contributed by atoms with Gasteiger partial charge in [0.25, 0.3) is 0 Å². The second-order valence-corrected chi connectivity index (χ2v) is 7.09. The Labute approximate surface area is 109 Å². The molecule has 2 saturated carbocycles. The van der Waals surface area contributed by atoms with E-state index in [-0.39, 0.29) is 5.82 Å². The molecule has 2 aliphatic rings. The highest BCUT2D eigenvalue weighted by molar-refractivity contribution is 7.85. The van der Waals surface area contributed by atoms with Crippen molar-refractivity contribution in [2.45, 2.75) is 30.6 Å². The summed E-state index contributed by atoms with van der Waals surface area (Å²) in [6.07, 6.45) is 5.19. The van der Waals surface area contributed by atoms with Crippen LogP contribution in [0.5, 0.6) is 0 Å². The van der Waals surface area contributed by atoms with E-state index in [1.165, 1.54) is 37.8 Å². The van der Waals surface area contributed by atoms with Crippen molar-refractivity contribution in [2.75, 3.05) is 11.5 Å². The number of anilines is 1. The third-order valence-electron chi connectivity index (χ3n) is 4.47. The summed E-state index contributed by atoms with van der Waals surface area (Å²) in [7, 11) is -1.09. The van der Waals surface area contributed by atoms with Crippen molar-refractivity contribution in [1.82, 2.24) is 0 Å². The Bertz CT molecular complexity index is 491. The number of fused-ring (bicyclic) bond motifs is 2. The standard InChI is InChI=1S/C14H18FNOS/c15-12-3-4-14(13(16)7-12)18(17)8-11-6-9-1-2-10(11)5-9/h3-4,7,9-11H,1-2,5-6,8,16H2. The quantitative estimate of drug-likeness (QED) is 0.856. The van der Waals surface area contributed by atoms with Gasteiger partial charge in [0.2, 0.25) is 0 Å². The Balaban J connectivity index is 1.71. The molecule has 0 saturated heterocycles. The highest BCUT2D eigenvalue weighted by Gasteiger charge is 2.40. The van der Waals surface area contributed by atoms with Crippen LogP contribution in [0.15, 0.2) is 23.1 Å². The van der Waals surface area contributed by atoms with E-state index in [4.69, 9.17) is 5.73 Å². The predicted molar refractivity (Wildman–Crippen MR) is 71.0 cm³/mol. The molecule has 0 radical (unpaired) electrons. The monoisotopic (exact) mass is 267 g/mol. The smallest absolute Gasteiger partial charge is 0.125 e. The van der Waals surface area contributed by atoms with Gasteiger partial charge in [-0.15, -0.1) is 0 Å². The molecule has 18 heavy (non-hydrogen) atoms. The van der Waals surface area contributed by atoms with Crippen molar-refractivity contribution in [3.8, 4) is 0 Å². The molecule has 0 spiro atoms. The highest BCUT2D eigenvalue weighted by Crippen LogP contribution is 2.48. The van der Waals surface area contributed by atoms with Crippen molar-refractivity contribution in [1.29, 1.82) is 0 Å². The molecule has 4 heteroatoms. The summed E-state index contributed by atoms with van der Waals surface area (Å²) in [5, 5.41) is 0. The Hall–Kier alpha value is -0.900. The molecule has 2 nitrogen and oxygen atoms in total. The minimum atomic E-state index is -1.09. The van der Waals surface area contributed by atoms with Gasteiger partial charge in [-0.1, -0.05) is 6.42 Å².